The maximum absolute atomic E-state index is 5.70. The molecular weight excluding hydrogens is 190 g/mol. The molecule has 3 N–H and O–H groups in total. The molecule has 0 unspecified atom stereocenters. The second kappa shape index (κ2) is 6.19. The molecule has 0 fully saturated rings. The van der Waals surface area contributed by atoms with Crippen LogP contribution in [0.25, 0.3) is 0 Å². The average Bonchev–Trinajstić information content (AvgIpc) is 2.27. The first kappa shape index (κ1) is 11.7. The van der Waals surface area contributed by atoms with Crippen molar-refractivity contribution in [1.82, 2.24) is 14.9 Å². The molecule has 0 aliphatic heterocycles. The van der Waals surface area contributed by atoms with Gasteiger partial charge in [-0.05, 0) is 13.1 Å². The van der Waals surface area contributed by atoms with Gasteiger partial charge in [-0.3, -0.25) is 0 Å². The van der Waals surface area contributed by atoms with Crippen LogP contribution in [0.1, 0.15) is 13.8 Å². The zero-order valence-corrected chi connectivity index (χ0v) is 9.40. The largest absolute Gasteiger partial charge is 0.394 e. The number of rotatable bonds is 6. The number of nitrogens with two attached hydrogens (primary N) is 1. The monoisotopic (exact) mass is 209 g/mol. The molecule has 5 heteroatoms. The Morgan fingerprint density at radius 3 is 2.73 bits per heavy atom. The van der Waals surface area contributed by atoms with Gasteiger partial charge in [-0.1, -0.05) is 13.8 Å². The summed E-state index contributed by atoms with van der Waals surface area (Å²) in [5, 5.41) is 3.19. The molecule has 0 saturated carbocycles. The second-order valence-corrected chi connectivity index (χ2v) is 3.28. The number of hydrogen-bond acceptors (Lipinski definition) is 5. The lowest BCUT2D eigenvalue weighted by molar-refractivity contribution is 0.316. The molecule has 0 bridgehead atoms. The summed E-state index contributed by atoms with van der Waals surface area (Å²) in [4.78, 5) is 10.2. The Balaban J connectivity index is 2.34. The molecule has 0 spiro atoms. The van der Waals surface area contributed by atoms with Gasteiger partial charge < -0.3 is 16.0 Å². The maximum atomic E-state index is 5.70. The molecule has 0 aromatic carbocycles. The maximum Gasteiger partial charge on any atom is 0.152 e. The van der Waals surface area contributed by atoms with Crippen LogP contribution in [0.4, 0.5) is 11.5 Å². The Bertz CT molecular complexity index is 285. The smallest absolute Gasteiger partial charge is 0.152 e. The second-order valence-electron chi connectivity index (χ2n) is 3.28. The van der Waals surface area contributed by atoms with E-state index in [1.54, 1.807) is 6.20 Å². The molecule has 0 saturated heterocycles. The minimum Gasteiger partial charge on any atom is -0.394 e. The van der Waals surface area contributed by atoms with Gasteiger partial charge in [0, 0.05) is 13.1 Å². The Labute approximate surface area is 90.7 Å². The van der Waals surface area contributed by atoms with E-state index in [0.717, 1.165) is 32.0 Å². The molecule has 0 aliphatic carbocycles. The first-order chi connectivity index (χ1) is 7.27. The van der Waals surface area contributed by atoms with Crippen molar-refractivity contribution in [2.75, 3.05) is 37.2 Å². The number of anilines is 2. The molecule has 1 aromatic rings. The zero-order chi connectivity index (χ0) is 11.1. The van der Waals surface area contributed by atoms with Gasteiger partial charge in [0.05, 0.1) is 11.9 Å². The predicted octanol–water partition coefficient (Wildman–Crippen LogP) is 0.812. The van der Waals surface area contributed by atoms with E-state index < -0.39 is 0 Å². The lowest BCUT2D eigenvalue weighted by Crippen LogP contribution is -2.28. The van der Waals surface area contributed by atoms with Gasteiger partial charge in [0.2, 0.25) is 0 Å². The number of nitrogens with one attached hydrogen (secondary N) is 1. The van der Waals surface area contributed by atoms with E-state index in [4.69, 9.17) is 5.73 Å². The molecular formula is C10H19N5. The van der Waals surface area contributed by atoms with E-state index in [1.165, 1.54) is 6.33 Å². The van der Waals surface area contributed by atoms with Crippen LogP contribution in [0.2, 0.25) is 0 Å². The summed E-state index contributed by atoms with van der Waals surface area (Å²) in [6.45, 7) is 8.29. The number of hydrogen-bond donors (Lipinski definition) is 2. The first-order valence-electron chi connectivity index (χ1n) is 5.29. The Morgan fingerprint density at radius 1 is 1.40 bits per heavy atom. The number of aromatic nitrogens is 2. The molecule has 1 aromatic heterocycles. The minimum absolute atomic E-state index is 0.594. The molecule has 0 amide bonds. The van der Waals surface area contributed by atoms with Crippen LogP contribution in [0.5, 0.6) is 0 Å². The van der Waals surface area contributed by atoms with E-state index in [1.807, 2.05) is 0 Å². The quantitative estimate of drug-likeness (QED) is 0.726. The summed E-state index contributed by atoms with van der Waals surface area (Å²) in [7, 11) is 0. The molecule has 5 nitrogen and oxygen atoms in total. The van der Waals surface area contributed by atoms with Crippen LogP contribution < -0.4 is 11.1 Å². The zero-order valence-electron chi connectivity index (χ0n) is 9.40. The third-order valence-electron chi connectivity index (χ3n) is 2.36. The number of nitrogen functional groups attached to an aromatic ring is 1. The van der Waals surface area contributed by atoms with E-state index in [2.05, 4.69) is 34.0 Å². The van der Waals surface area contributed by atoms with Crippen LogP contribution >= 0.6 is 0 Å². The third-order valence-corrected chi connectivity index (χ3v) is 2.36. The molecule has 1 heterocycles. The van der Waals surface area contributed by atoms with Gasteiger partial charge in [-0.2, -0.15) is 0 Å². The van der Waals surface area contributed by atoms with Crippen LogP contribution in [0.3, 0.4) is 0 Å². The molecule has 84 valence electrons. The van der Waals surface area contributed by atoms with E-state index >= 15 is 0 Å². The fourth-order valence-corrected chi connectivity index (χ4v) is 1.36. The van der Waals surface area contributed by atoms with Crippen molar-refractivity contribution >= 4 is 11.5 Å². The van der Waals surface area contributed by atoms with E-state index in [0.29, 0.717) is 5.69 Å². The van der Waals surface area contributed by atoms with Gasteiger partial charge in [0.15, 0.2) is 5.82 Å². The Kier molecular flexibility index (Phi) is 4.83. The fraction of sp³-hybridized carbons (Fsp3) is 0.600. The standard InChI is InChI=1S/C10H19N5/c1-3-15(4-2)6-5-13-10-9(11)7-12-8-14-10/h7-8H,3-6,11H2,1-2H3,(H,12,13,14). The summed E-state index contributed by atoms with van der Waals surface area (Å²) in [5.41, 5.74) is 6.30. The molecule has 1 rings (SSSR count). The lowest BCUT2D eigenvalue weighted by Gasteiger charge is -2.18. The summed E-state index contributed by atoms with van der Waals surface area (Å²) in [6.07, 6.45) is 3.10. The number of nitrogens with zero attached hydrogens (tertiary/aromatic N) is 3. The summed E-state index contributed by atoms with van der Waals surface area (Å²) in [5.74, 6) is 0.720. The van der Waals surface area contributed by atoms with Crippen molar-refractivity contribution < 1.29 is 0 Å². The molecule has 0 aliphatic rings. The Morgan fingerprint density at radius 2 is 2.13 bits per heavy atom. The van der Waals surface area contributed by atoms with Crippen LogP contribution in [-0.2, 0) is 0 Å². The topological polar surface area (TPSA) is 67.1 Å². The van der Waals surface area contributed by atoms with Crippen molar-refractivity contribution in [1.29, 1.82) is 0 Å². The van der Waals surface area contributed by atoms with Gasteiger partial charge >= 0.3 is 0 Å². The average molecular weight is 209 g/mol. The van der Waals surface area contributed by atoms with Crippen LogP contribution in [0.15, 0.2) is 12.5 Å². The molecule has 0 atom stereocenters. The highest BCUT2D eigenvalue weighted by molar-refractivity contribution is 5.58. The summed E-state index contributed by atoms with van der Waals surface area (Å²) in [6, 6.07) is 0. The van der Waals surface area contributed by atoms with Crippen LogP contribution in [0, 0.1) is 0 Å². The van der Waals surface area contributed by atoms with Gasteiger partial charge in [-0.25, -0.2) is 9.97 Å². The summed E-state index contributed by atoms with van der Waals surface area (Å²) < 4.78 is 0. The highest BCUT2D eigenvalue weighted by Crippen LogP contribution is 2.10. The number of likely N-dealkylation sites (N-methyl/N-ethyl adjacent to an activating group) is 1. The highest BCUT2D eigenvalue weighted by Gasteiger charge is 2.01. The van der Waals surface area contributed by atoms with Gasteiger partial charge in [-0.15, -0.1) is 0 Å². The van der Waals surface area contributed by atoms with Gasteiger partial charge in [0.1, 0.15) is 6.33 Å². The van der Waals surface area contributed by atoms with Crippen molar-refractivity contribution in [2.24, 2.45) is 0 Å². The first-order valence-corrected chi connectivity index (χ1v) is 5.29. The third kappa shape index (κ3) is 3.71. The fourth-order valence-electron chi connectivity index (χ4n) is 1.36. The predicted molar refractivity (Wildman–Crippen MR) is 62.7 cm³/mol. The highest BCUT2D eigenvalue weighted by atomic mass is 15.1. The van der Waals surface area contributed by atoms with Crippen molar-refractivity contribution in [2.45, 2.75) is 13.8 Å². The van der Waals surface area contributed by atoms with E-state index in [-0.39, 0.29) is 0 Å². The Hall–Kier alpha value is -1.36. The van der Waals surface area contributed by atoms with Crippen molar-refractivity contribution in [3.05, 3.63) is 12.5 Å². The van der Waals surface area contributed by atoms with Crippen molar-refractivity contribution in [3.8, 4) is 0 Å². The van der Waals surface area contributed by atoms with Crippen LogP contribution in [-0.4, -0.2) is 41.0 Å². The molecule has 0 radical (unpaired) electrons. The van der Waals surface area contributed by atoms with E-state index in [9.17, 15) is 0 Å². The SMILES string of the molecule is CCN(CC)CCNc1ncncc1N. The summed E-state index contributed by atoms with van der Waals surface area (Å²) >= 11 is 0. The minimum atomic E-state index is 0.594. The lowest BCUT2D eigenvalue weighted by atomic mass is 10.4. The molecule has 15 heavy (non-hydrogen) atoms. The normalized spacial score (nSPS) is 10.6. The van der Waals surface area contributed by atoms with Gasteiger partial charge in [0.25, 0.3) is 0 Å². The van der Waals surface area contributed by atoms with Crippen molar-refractivity contribution in [3.63, 3.8) is 0 Å².